The lowest BCUT2D eigenvalue weighted by molar-refractivity contribution is 0.102. The van der Waals surface area contributed by atoms with Crippen molar-refractivity contribution in [1.82, 2.24) is 9.55 Å². The van der Waals surface area contributed by atoms with Crippen molar-refractivity contribution >= 4 is 23.4 Å². The molecular weight excluding hydrogens is 338 g/mol. The Morgan fingerprint density at radius 2 is 1.96 bits per heavy atom. The standard InChI is InChI=1S/C18H15N3O3S/c1-21-9-8-19-18(21)25-14-5-3-13(4-6-14)20-17(22)12-2-7-15-16(10-12)24-11-23-15/h2-10H,11H2,1H3,(H,20,22). The van der Waals surface area contributed by atoms with E-state index < -0.39 is 0 Å². The fourth-order valence-electron chi connectivity index (χ4n) is 2.40. The molecule has 0 atom stereocenters. The molecule has 1 amide bonds. The molecule has 0 unspecified atom stereocenters. The van der Waals surface area contributed by atoms with Crippen LogP contribution in [0.3, 0.4) is 0 Å². The van der Waals surface area contributed by atoms with Crippen LogP contribution in [0.1, 0.15) is 10.4 Å². The Hall–Kier alpha value is -2.93. The quantitative estimate of drug-likeness (QED) is 0.777. The van der Waals surface area contributed by atoms with Gasteiger partial charge in [-0.2, -0.15) is 0 Å². The van der Waals surface area contributed by atoms with Gasteiger partial charge in [-0.1, -0.05) is 11.8 Å². The number of benzene rings is 2. The van der Waals surface area contributed by atoms with Crippen LogP contribution >= 0.6 is 11.8 Å². The fourth-order valence-corrected chi connectivity index (χ4v) is 3.20. The second-order valence-corrected chi connectivity index (χ2v) is 6.51. The molecule has 1 aromatic heterocycles. The van der Waals surface area contributed by atoms with E-state index in [-0.39, 0.29) is 12.7 Å². The van der Waals surface area contributed by atoms with Gasteiger partial charge < -0.3 is 19.4 Å². The first-order valence-electron chi connectivity index (χ1n) is 7.65. The summed E-state index contributed by atoms with van der Waals surface area (Å²) in [4.78, 5) is 17.7. The molecule has 7 heteroatoms. The summed E-state index contributed by atoms with van der Waals surface area (Å²) in [6.45, 7) is 0.190. The number of carbonyl (C=O) groups excluding carboxylic acids is 1. The number of aryl methyl sites for hydroxylation is 1. The highest BCUT2D eigenvalue weighted by Crippen LogP contribution is 2.33. The van der Waals surface area contributed by atoms with Crippen LogP contribution in [0, 0.1) is 0 Å². The predicted octanol–water partition coefficient (Wildman–Crippen LogP) is 3.55. The zero-order chi connectivity index (χ0) is 17.2. The van der Waals surface area contributed by atoms with Crippen LogP contribution in [0.5, 0.6) is 11.5 Å². The fraction of sp³-hybridized carbons (Fsp3) is 0.111. The van der Waals surface area contributed by atoms with Gasteiger partial charge in [0.15, 0.2) is 16.7 Å². The SMILES string of the molecule is Cn1ccnc1Sc1ccc(NC(=O)c2ccc3c(c2)OCO3)cc1. The van der Waals surface area contributed by atoms with E-state index in [1.165, 1.54) is 0 Å². The highest BCUT2D eigenvalue weighted by molar-refractivity contribution is 7.99. The van der Waals surface area contributed by atoms with Gasteiger partial charge in [-0.25, -0.2) is 4.98 Å². The Morgan fingerprint density at radius 1 is 1.16 bits per heavy atom. The van der Waals surface area contributed by atoms with Crippen LogP contribution in [0.4, 0.5) is 5.69 Å². The average Bonchev–Trinajstić information content (AvgIpc) is 3.25. The monoisotopic (exact) mass is 353 g/mol. The molecule has 126 valence electrons. The molecule has 0 spiro atoms. The molecule has 6 nitrogen and oxygen atoms in total. The smallest absolute Gasteiger partial charge is 0.255 e. The number of nitrogens with one attached hydrogen (secondary N) is 1. The summed E-state index contributed by atoms with van der Waals surface area (Å²) >= 11 is 1.57. The Bertz CT molecular complexity index is 922. The van der Waals surface area contributed by atoms with Crippen molar-refractivity contribution in [2.75, 3.05) is 12.1 Å². The van der Waals surface area contributed by atoms with Gasteiger partial charge in [0, 0.05) is 35.6 Å². The van der Waals surface area contributed by atoms with E-state index in [2.05, 4.69) is 10.3 Å². The highest BCUT2D eigenvalue weighted by Gasteiger charge is 2.16. The van der Waals surface area contributed by atoms with Gasteiger partial charge >= 0.3 is 0 Å². The summed E-state index contributed by atoms with van der Waals surface area (Å²) in [5, 5.41) is 3.80. The minimum Gasteiger partial charge on any atom is -0.454 e. The lowest BCUT2D eigenvalue weighted by Gasteiger charge is -2.07. The van der Waals surface area contributed by atoms with Crippen molar-refractivity contribution in [1.29, 1.82) is 0 Å². The van der Waals surface area contributed by atoms with Crippen molar-refractivity contribution < 1.29 is 14.3 Å². The molecule has 1 N–H and O–H groups in total. The summed E-state index contributed by atoms with van der Waals surface area (Å²) < 4.78 is 12.5. The van der Waals surface area contributed by atoms with Gasteiger partial charge in [0.25, 0.3) is 5.91 Å². The number of imidazole rings is 1. The molecule has 0 bridgehead atoms. The lowest BCUT2D eigenvalue weighted by atomic mass is 10.2. The second-order valence-electron chi connectivity index (χ2n) is 5.47. The van der Waals surface area contributed by atoms with Crippen LogP contribution in [-0.4, -0.2) is 22.3 Å². The number of carbonyl (C=O) groups is 1. The molecule has 4 rings (SSSR count). The third kappa shape index (κ3) is 3.32. The highest BCUT2D eigenvalue weighted by atomic mass is 32.2. The van der Waals surface area contributed by atoms with E-state index in [0.29, 0.717) is 17.1 Å². The van der Waals surface area contributed by atoms with Gasteiger partial charge in [0.2, 0.25) is 6.79 Å². The Balaban J connectivity index is 1.44. The zero-order valence-electron chi connectivity index (χ0n) is 13.4. The summed E-state index contributed by atoms with van der Waals surface area (Å²) in [5.74, 6) is 1.06. The van der Waals surface area contributed by atoms with Crippen molar-refractivity contribution in [3.05, 3.63) is 60.4 Å². The van der Waals surface area contributed by atoms with Crippen molar-refractivity contribution in [2.24, 2.45) is 7.05 Å². The number of fused-ring (bicyclic) bond motifs is 1. The normalized spacial score (nSPS) is 12.2. The van der Waals surface area contributed by atoms with E-state index in [9.17, 15) is 4.79 Å². The van der Waals surface area contributed by atoms with Crippen LogP contribution in [0.25, 0.3) is 0 Å². The van der Waals surface area contributed by atoms with Crippen LogP contribution in [0.15, 0.2) is 64.9 Å². The van der Waals surface area contributed by atoms with E-state index in [1.54, 1.807) is 36.2 Å². The van der Waals surface area contributed by atoms with Crippen LogP contribution in [0.2, 0.25) is 0 Å². The average molecular weight is 353 g/mol. The van der Waals surface area contributed by atoms with Crippen molar-refractivity contribution in [2.45, 2.75) is 10.1 Å². The molecule has 0 saturated heterocycles. The number of hydrogen-bond donors (Lipinski definition) is 1. The molecule has 1 aliphatic rings. The number of nitrogens with zero attached hydrogens (tertiary/aromatic N) is 2. The summed E-state index contributed by atoms with van der Waals surface area (Å²) in [5.41, 5.74) is 1.25. The van der Waals surface area contributed by atoms with Gasteiger partial charge in [0.05, 0.1) is 0 Å². The molecule has 0 radical (unpaired) electrons. The summed E-state index contributed by atoms with van der Waals surface area (Å²) in [7, 11) is 1.95. The number of ether oxygens (including phenoxy) is 2. The first-order chi connectivity index (χ1) is 12.2. The third-order valence-electron chi connectivity index (χ3n) is 3.73. The minimum absolute atomic E-state index is 0.190. The van der Waals surface area contributed by atoms with Gasteiger partial charge in [-0.05, 0) is 42.5 Å². The maximum Gasteiger partial charge on any atom is 0.255 e. The molecule has 0 aliphatic carbocycles. The summed E-state index contributed by atoms with van der Waals surface area (Å²) in [6.07, 6.45) is 3.67. The second kappa shape index (κ2) is 6.52. The zero-order valence-corrected chi connectivity index (χ0v) is 14.2. The van der Waals surface area contributed by atoms with Gasteiger partial charge in [-0.3, -0.25) is 4.79 Å². The van der Waals surface area contributed by atoms with E-state index in [4.69, 9.17) is 9.47 Å². The maximum absolute atomic E-state index is 12.4. The molecule has 2 heterocycles. The number of anilines is 1. The molecule has 1 aliphatic heterocycles. The molecule has 0 saturated carbocycles. The van der Waals surface area contributed by atoms with Crippen molar-refractivity contribution in [3.63, 3.8) is 0 Å². The van der Waals surface area contributed by atoms with E-state index >= 15 is 0 Å². The third-order valence-corrected chi connectivity index (χ3v) is 4.82. The maximum atomic E-state index is 12.4. The lowest BCUT2D eigenvalue weighted by Crippen LogP contribution is -2.11. The molecule has 3 aromatic rings. The first-order valence-corrected chi connectivity index (χ1v) is 8.47. The van der Waals surface area contributed by atoms with Crippen LogP contribution in [-0.2, 0) is 7.05 Å². The Morgan fingerprint density at radius 3 is 2.72 bits per heavy atom. The molecular formula is C18H15N3O3S. The number of aromatic nitrogens is 2. The minimum atomic E-state index is -0.192. The topological polar surface area (TPSA) is 65.4 Å². The predicted molar refractivity (Wildman–Crippen MR) is 94.3 cm³/mol. The Labute approximate surface area is 148 Å². The summed E-state index contributed by atoms with van der Waals surface area (Å²) in [6, 6.07) is 12.8. The Kier molecular flexibility index (Phi) is 4.07. The molecule has 25 heavy (non-hydrogen) atoms. The van der Waals surface area contributed by atoms with Crippen LogP contribution < -0.4 is 14.8 Å². The molecule has 0 fully saturated rings. The largest absolute Gasteiger partial charge is 0.454 e. The first kappa shape index (κ1) is 15.6. The number of hydrogen-bond acceptors (Lipinski definition) is 5. The number of rotatable bonds is 4. The molecule has 2 aromatic carbocycles. The van der Waals surface area contributed by atoms with E-state index in [1.807, 2.05) is 42.1 Å². The number of amides is 1. The van der Waals surface area contributed by atoms with E-state index in [0.717, 1.165) is 15.7 Å². The van der Waals surface area contributed by atoms with Gasteiger partial charge in [-0.15, -0.1) is 0 Å². The van der Waals surface area contributed by atoms with Gasteiger partial charge in [0.1, 0.15) is 0 Å². The van der Waals surface area contributed by atoms with Crippen molar-refractivity contribution in [3.8, 4) is 11.5 Å².